The number of rotatable bonds is 24. The first-order valence-corrected chi connectivity index (χ1v) is 18.0. The van der Waals surface area contributed by atoms with Gasteiger partial charge in [0.2, 0.25) is 0 Å². The van der Waals surface area contributed by atoms with Crippen molar-refractivity contribution in [2.24, 2.45) is 0 Å². The molecule has 0 aromatic carbocycles. The van der Waals surface area contributed by atoms with Crippen LogP contribution in [0.1, 0.15) is 12.8 Å². The van der Waals surface area contributed by atoms with Crippen molar-refractivity contribution in [2.75, 3.05) is 39.5 Å². The van der Waals surface area contributed by atoms with Gasteiger partial charge in [-0.25, -0.2) is 13.3 Å². The maximum absolute atomic E-state index is 13.9. The Morgan fingerprint density at radius 1 is 0.319 bits per heavy atom. The first-order valence-electron chi connectivity index (χ1n) is 16.6. The number of hydrogen-bond donors (Lipinski definition) is 4. The first-order chi connectivity index (χ1) is 30.8. The summed E-state index contributed by atoms with van der Waals surface area (Å²) in [7, 11) is -7.09. The highest BCUT2D eigenvalue weighted by Crippen LogP contribution is 2.69. The highest BCUT2D eigenvalue weighted by Gasteiger charge is 3.00. The van der Waals surface area contributed by atoms with E-state index in [1.165, 1.54) is 0 Å². The summed E-state index contributed by atoms with van der Waals surface area (Å²) < 4.78 is 526. The van der Waals surface area contributed by atoms with Crippen molar-refractivity contribution in [3.05, 3.63) is 0 Å². The fraction of sp³-hybridized carbons (Fsp3) is 1.00. The first kappa shape index (κ1) is 71.4. The number of alkyl halides is 38. The predicted octanol–water partition coefficient (Wildman–Crippen LogP) is 11.8. The van der Waals surface area contributed by atoms with Crippen molar-refractivity contribution < 1.29 is 196 Å². The molecule has 0 atom stereocenters. The molecule has 0 aliphatic carbocycles. The average molecular weight is 1200 g/mol. The number of aliphatic hydroxyl groups is 2. The minimum atomic E-state index is -9.51. The topological polar surface area (TPSA) is 108 Å². The summed E-state index contributed by atoms with van der Waals surface area (Å²) in [4.78, 5) is 9.01. The smallest absolute Gasteiger partial charge is 0.395 e. The maximum atomic E-state index is 13.9. The minimum absolute atomic E-state index is 0.139. The summed E-state index contributed by atoms with van der Waals surface area (Å²) in [5.74, 6) is -108. The van der Waals surface area contributed by atoms with Gasteiger partial charge in [0.05, 0.1) is 26.4 Å². The van der Waals surface area contributed by atoms with Crippen molar-refractivity contribution in [3.8, 4) is 0 Å². The monoisotopic (exact) mass is 1200 g/mol. The molecule has 0 spiro atoms. The zero-order valence-corrected chi connectivity index (χ0v) is 33.4. The van der Waals surface area contributed by atoms with Crippen LogP contribution in [0.5, 0.6) is 0 Å². The van der Waals surface area contributed by atoms with E-state index in [-0.39, 0.29) is 13.2 Å². The van der Waals surface area contributed by atoms with Crippen LogP contribution in [0.3, 0.4) is 0 Å². The predicted molar refractivity (Wildman–Crippen MR) is 149 cm³/mol. The molecular weight excluding hydrogens is 1180 g/mol. The third-order valence-electron chi connectivity index (χ3n) is 8.42. The molecule has 7 nitrogen and oxygen atoms in total. The normalized spacial score (nSPS) is 16.2. The molecule has 0 unspecified atom stereocenters. The molecule has 0 saturated carbocycles. The molecule has 0 aromatic heterocycles. The molecule has 4 N–H and O–H groups in total. The molecule has 46 heteroatoms. The number of hydrogen-bond acceptors (Lipinski definition) is 6. The summed E-state index contributed by atoms with van der Waals surface area (Å²) in [5, 5.41) is 19.1. The molecule has 72 heavy (non-hydrogen) atoms. The van der Waals surface area contributed by atoms with Crippen molar-refractivity contribution >= 4 is 7.82 Å². The maximum Gasteiger partial charge on any atom is 0.472 e. The molecule has 0 rings (SSSR count). The van der Waals surface area contributed by atoms with Crippen LogP contribution in [0.4, 0.5) is 167 Å². The lowest BCUT2D eigenvalue weighted by atomic mass is 9.83. The molecule has 0 aliphatic rings. The van der Waals surface area contributed by atoms with Gasteiger partial charge in [-0.15, -0.1) is 0 Å². The van der Waals surface area contributed by atoms with Crippen LogP contribution in [0.25, 0.3) is 0 Å². The Morgan fingerprint density at radius 3 is 0.681 bits per heavy atom. The molecule has 0 amide bonds. The molecule has 0 aliphatic heterocycles. The summed E-state index contributed by atoms with van der Waals surface area (Å²) in [6.07, 6.45) is -42.3. The highest BCUT2D eigenvalue weighted by molar-refractivity contribution is 7.47. The standard InChI is InChI=1S/C22H9F38O4P.C4H11NO2/c23-5(24,9(29,30)13(37,38)17(45,46)15(41,42)11(33,34)7(27,19(49,50)51)20(52,53)54)1-3-63-65(61,62)64-4-2-6(25,26)10(31,32)14(39,40)18(47,48)16(43,44)12(35,36)8(28,21(55,56)57)22(58,59)60;6-3-1-5-2-4-7/h1-4H2,(H,61,62);5-7H,1-4H2. The van der Waals surface area contributed by atoms with Gasteiger partial charge >= 0.3 is 115 Å². The Morgan fingerprint density at radius 2 is 0.500 bits per heavy atom. The molecule has 436 valence electrons. The van der Waals surface area contributed by atoms with E-state index in [1.807, 2.05) is 0 Å². The highest BCUT2D eigenvalue weighted by atomic mass is 31.2. The fourth-order valence-corrected chi connectivity index (χ4v) is 5.04. The summed E-state index contributed by atoms with van der Waals surface area (Å²) >= 11 is 0. The fourth-order valence-electron chi connectivity index (χ4n) is 4.32. The van der Waals surface area contributed by atoms with Crippen molar-refractivity contribution in [3.63, 3.8) is 0 Å². The molecule has 0 heterocycles. The van der Waals surface area contributed by atoms with Crippen LogP contribution in [0.2, 0.25) is 0 Å². The minimum Gasteiger partial charge on any atom is -0.395 e. The summed E-state index contributed by atoms with van der Waals surface area (Å²) in [6.45, 7) is -5.10. The second kappa shape index (κ2) is 20.7. The lowest BCUT2D eigenvalue weighted by Gasteiger charge is -2.45. The Labute approximate surface area is 369 Å². The third-order valence-corrected chi connectivity index (χ3v) is 9.44. The average Bonchev–Trinajstić information content (AvgIpc) is 3.14. The van der Waals surface area contributed by atoms with Crippen LogP contribution in [-0.4, -0.2) is 162 Å². The molecular formula is C26H20F38NO6P. The van der Waals surface area contributed by atoms with E-state index in [4.69, 9.17) is 15.1 Å². The van der Waals surface area contributed by atoms with Gasteiger partial charge in [-0.05, 0) is 0 Å². The quantitative estimate of drug-likeness (QED) is 0.0433. The van der Waals surface area contributed by atoms with Crippen LogP contribution in [-0.2, 0) is 13.6 Å². The molecule has 0 saturated heterocycles. The van der Waals surface area contributed by atoms with E-state index in [2.05, 4.69) is 14.4 Å². The largest absolute Gasteiger partial charge is 0.472 e. The van der Waals surface area contributed by atoms with Gasteiger partial charge in [0.25, 0.3) is 0 Å². The number of nitrogens with one attached hydrogen (secondary N) is 1. The van der Waals surface area contributed by atoms with Gasteiger partial charge in [0.15, 0.2) is 0 Å². The lowest BCUT2D eigenvalue weighted by Crippen LogP contribution is -2.77. The second-order valence-corrected chi connectivity index (χ2v) is 14.7. The van der Waals surface area contributed by atoms with Crippen LogP contribution < -0.4 is 5.32 Å². The van der Waals surface area contributed by atoms with Crippen LogP contribution in [0.15, 0.2) is 0 Å². The van der Waals surface area contributed by atoms with Gasteiger partial charge in [-0.3, -0.25) is 9.05 Å². The molecule has 0 bridgehead atoms. The number of aliphatic hydroxyl groups excluding tert-OH is 2. The SMILES string of the molecule is O=P(O)(OCCC(F)(F)C(F)(F)C(F)(F)C(F)(F)C(F)(F)C(F)(F)C(F)(C(F)(F)F)C(F)(F)F)OCCC(F)(F)C(F)(F)C(F)(F)C(F)(F)C(F)(F)C(F)(F)C(F)(C(F)(F)F)C(F)(F)F.OCCNCCO. The van der Waals surface area contributed by atoms with E-state index in [0.717, 1.165) is 0 Å². The van der Waals surface area contributed by atoms with E-state index >= 15 is 0 Å². The number of phosphoric ester groups is 1. The van der Waals surface area contributed by atoms with Crippen molar-refractivity contribution in [1.82, 2.24) is 5.32 Å². The zero-order valence-electron chi connectivity index (χ0n) is 32.5. The van der Waals surface area contributed by atoms with Crippen LogP contribution >= 0.6 is 7.82 Å². The van der Waals surface area contributed by atoms with E-state index in [9.17, 15) is 171 Å². The molecule has 0 fully saturated rings. The van der Waals surface area contributed by atoms with E-state index < -0.39 is 141 Å². The lowest BCUT2D eigenvalue weighted by molar-refractivity contribution is -0.472. The molecule has 0 radical (unpaired) electrons. The molecule has 0 aromatic rings. The zero-order chi connectivity index (χ0) is 59.3. The summed E-state index contributed by atoms with van der Waals surface area (Å²) in [6, 6.07) is 0. The summed E-state index contributed by atoms with van der Waals surface area (Å²) in [5.41, 5.74) is -18.3. The van der Waals surface area contributed by atoms with Crippen LogP contribution in [0, 0.1) is 0 Å². The van der Waals surface area contributed by atoms with E-state index in [1.54, 1.807) is 0 Å². The van der Waals surface area contributed by atoms with Gasteiger partial charge in [0.1, 0.15) is 0 Å². The third kappa shape index (κ3) is 11.4. The Hall–Kier alpha value is -2.67. The Bertz CT molecular complexity index is 1670. The van der Waals surface area contributed by atoms with Gasteiger partial charge in [-0.1, -0.05) is 0 Å². The van der Waals surface area contributed by atoms with Gasteiger partial charge in [-0.2, -0.15) is 158 Å². The van der Waals surface area contributed by atoms with Crippen molar-refractivity contribution in [2.45, 2.75) is 120 Å². The van der Waals surface area contributed by atoms with E-state index in [0.29, 0.717) is 13.1 Å². The Balaban J connectivity index is 0. The Kier molecular flexibility index (Phi) is 20.5. The second-order valence-electron chi connectivity index (χ2n) is 13.3. The van der Waals surface area contributed by atoms with Gasteiger partial charge in [0, 0.05) is 25.9 Å². The number of halogens is 38. The van der Waals surface area contributed by atoms with Gasteiger partial charge < -0.3 is 20.4 Å². The van der Waals surface area contributed by atoms with Crippen molar-refractivity contribution in [1.29, 1.82) is 0 Å². The number of phosphoric acid groups is 1.